The van der Waals surface area contributed by atoms with E-state index in [4.69, 9.17) is 4.74 Å². The Hall–Kier alpha value is -0.0800. The molecule has 0 aromatic rings. The van der Waals surface area contributed by atoms with Crippen molar-refractivity contribution < 1.29 is 4.74 Å². The van der Waals surface area contributed by atoms with Gasteiger partial charge in [0.2, 0.25) is 0 Å². The lowest BCUT2D eigenvalue weighted by Crippen LogP contribution is -2.58. The van der Waals surface area contributed by atoms with Crippen molar-refractivity contribution in [3.05, 3.63) is 0 Å². The Bertz CT molecular complexity index is 265. The minimum atomic E-state index is 0.124. The first-order valence-corrected chi connectivity index (χ1v) is 9.09. The van der Waals surface area contributed by atoms with Crippen LogP contribution < -0.4 is 5.32 Å². The Labute approximate surface area is 126 Å². The fourth-order valence-electron chi connectivity index (χ4n) is 4.55. The molecule has 1 N–H and O–H groups in total. The highest BCUT2D eigenvalue weighted by atomic mass is 16.5. The molecule has 2 nitrogen and oxygen atoms in total. The van der Waals surface area contributed by atoms with Crippen molar-refractivity contribution in [1.82, 2.24) is 5.32 Å². The van der Waals surface area contributed by atoms with E-state index in [1.54, 1.807) is 0 Å². The molecule has 1 unspecified atom stereocenters. The molecule has 2 saturated carbocycles. The molecule has 0 heterocycles. The van der Waals surface area contributed by atoms with Crippen molar-refractivity contribution in [2.75, 3.05) is 13.2 Å². The van der Waals surface area contributed by atoms with E-state index < -0.39 is 0 Å². The lowest BCUT2D eigenvalue weighted by atomic mass is 9.68. The van der Waals surface area contributed by atoms with Crippen LogP contribution in [0.25, 0.3) is 0 Å². The maximum Gasteiger partial charge on any atom is 0.0837 e. The number of hydrogen-bond donors (Lipinski definition) is 1. The van der Waals surface area contributed by atoms with Gasteiger partial charge in [-0.2, -0.15) is 0 Å². The van der Waals surface area contributed by atoms with E-state index in [0.717, 1.165) is 25.0 Å². The summed E-state index contributed by atoms with van der Waals surface area (Å²) in [6.45, 7) is 8.76. The molecular formula is C18H35NO. The summed E-state index contributed by atoms with van der Waals surface area (Å²) in [6.07, 6.45) is 12.3. The smallest absolute Gasteiger partial charge is 0.0837 e. The molecule has 0 spiro atoms. The van der Waals surface area contributed by atoms with E-state index in [0.29, 0.717) is 6.04 Å². The molecule has 2 rings (SSSR count). The van der Waals surface area contributed by atoms with Crippen molar-refractivity contribution >= 4 is 0 Å². The van der Waals surface area contributed by atoms with Gasteiger partial charge in [-0.05, 0) is 63.8 Å². The van der Waals surface area contributed by atoms with Crippen molar-refractivity contribution in [3.8, 4) is 0 Å². The average Bonchev–Trinajstić information content (AvgIpc) is 2.49. The van der Waals surface area contributed by atoms with E-state index in [9.17, 15) is 0 Å². The second-order valence-electron chi connectivity index (χ2n) is 7.11. The van der Waals surface area contributed by atoms with Crippen LogP contribution in [0.1, 0.15) is 78.6 Å². The fourth-order valence-corrected chi connectivity index (χ4v) is 4.55. The third-order valence-electron chi connectivity index (χ3n) is 5.66. The SMILES string of the molecule is CCNC(C1CCCCC1)C1(OCC)CCC(C)CC1. The number of ether oxygens (including phenoxy) is 1. The second kappa shape index (κ2) is 7.79. The van der Waals surface area contributed by atoms with Crippen LogP contribution in [0.2, 0.25) is 0 Å². The Kier molecular flexibility index (Phi) is 6.35. The van der Waals surface area contributed by atoms with Gasteiger partial charge in [-0.15, -0.1) is 0 Å². The van der Waals surface area contributed by atoms with Crippen LogP contribution >= 0.6 is 0 Å². The van der Waals surface area contributed by atoms with Gasteiger partial charge in [0.25, 0.3) is 0 Å². The van der Waals surface area contributed by atoms with Gasteiger partial charge >= 0.3 is 0 Å². The number of hydrogen-bond acceptors (Lipinski definition) is 2. The lowest BCUT2D eigenvalue weighted by molar-refractivity contribution is -0.111. The zero-order valence-electron chi connectivity index (χ0n) is 13.9. The highest BCUT2D eigenvalue weighted by Crippen LogP contribution is 2.42. The summed E-state index contributed by atoms with van der Waals surface area (Å²) in [5.41, 5.74) is 0.124. The van der Waals surface area contributed by atoms with Crippen LogP contribution in [0, 0.1) is 11.8 Å². The maximum absolute atomic E-state index is 6.42. The topological polar surface area (TPSA) is 21.3 Å². The molecule has 2 heteroatoms. The predicted octanol–water partition coefficient (Wildman–Crippen LogP) is 4.53. The highest BCUT2D eigenvalue weighted by Gasteiger charge is 2.45. The molecule has 2 aliphatic rings. The number of nitrogens with one attached hydrogen (secondary N) is 1. The van der Waals surface area contributed by atoms with E-state index in [1.165, 1.54) is 57.8 Å². The summed E-state index contributed by atoms with van der Waals surface area (Å²) in [5.74, 6) is 1.72. The highest BCUT2D eigenvalue weighted by molar-refractivity contribution is 5.00. The molecule has 0 radical (unpaired) electrons. The number of rotatable bonds is 6. The largest absolute Gasteiger partial charge is 0.374 e. The molecular weight excluding hydrogens is 246 g/mol. The summed E-state index contributed by atoms with van der Waals surface area (Å²) < 4.78 is 6.42. The first-order valence-electron chi connectivity index (χ1n) is 9.09. The standard InChI is InChI=1S/C18H35NO/c1-4-19-17(16-9-7-6-8-10-16)18(20-5-2)13-11-15(3)12-14-18/h15-17,19H,4-14H2,1-3H3. The van der Waals surface area contributed by atoms with Gasteiger partial charge in [0.15, 0.2) is 0 Å². The third kappa shape index (κ3) is 3.76. The molecule has 0 amide bonds. The Morgan fingerprint density at radius 3 is 2.25 bits per heavy atom. The summed E-state index contributed by atoms with van der Waals surface area (Å²) >= 11 is 0. The minimum absolute atomic E-state index is 0.124. The van der Waals surface area contributed by atoms with Crippen LogP contribution in [0.5, 0.6) is 0 Å². The normalized spacial score (nSPS) is 34.0. The monoisotopic (exact) mass is 281 g/mol. The third-order valence-corrected chi connectivity index (χ3v) is 5.66. The van der Waals surface area contributed by atoms with Crippen LogP contribution in [0.3, 0.4) is 0 Å². The van der Waals surface area contributed by atoms with Crippen LogP contribution in [0.4, 0.5) is 0 Å². The Morgan fingerprint density at radius 1 is 1.05 bits per heavy atom. The fraction of sp³-hybridized carbons (Fsp3) is 1.00. The zero-order chi connectivity index (χ0) is 14.4. The van der Waals surface area contributed by atoms with Gasteiger partial charge in [-0.3, -0.25) is 0 Å². The molecule has 2 fully saturated rings. The van der Waals surface area contributed by atoms with Gasteiger partial charge in [0.05, 0.1) is 5.60 Å². The second-order valence-corrected chi connectivity index (χ2v) is 7.11. The summed E-state index contributed by atoms with van der Waals surface area (Å²) in [5, 5.41) is 3.84. The van der Waals surface area contributed by atoms with Gasteiger partial charge in [-0.25, -0.2) is 0 Å². The summed E-state index contributed by atoms with van der Waals surface area (Å²) in [6, 6.07) is 0.584. The molecule has 118 valence electrons. The Morgan fingerprint density at radius 2 is 1.70 bits per heavy atom. The zero-order valence-corrected chi connectivity index (χ0v) is 13.9. The molecule has 0 aromatic carbocycles. The van der Waals surface area contributed by atoms with E-state index >= 15 is 0 Å². The summed E-state index contributed by atoms with van der Waals surface area (Å²) in [4.78, 5) is 0. The van der Waals surface area contributed by atoms with E-state index in [2.05, 4.69) is 26.1 Å². The minimum Gasteiger partial charge on any atom is -0.374 e. The molecule has 20 heavy (non-hydrogen) atoms. The predicted molar refractivity (Wildman–Crippen MR) is 86.0 cm³/mol. The average molecular weight is 281 g/mol. The van der Waals surface area contributed by atoms with E-state index in [-0.39, 0.29) is 5.60 Å². The van der Waals surface area contributed by atoms with Gasteiger partial charge in [0.1, 0.15) is 0 Å². The molecule has 0 bridgehead atoms. The van der Waals surface area contributed by atoms with Crippen molar-refractivity contribution in [3.63, 3.8) is 0 Å². The van der Waals surface area contributed by atoms with Crippen LogP contribution in [-0.2, 0) is 4.74 Å². The van der Waals surface area contributed by atoms with Crippen molar-refractivity contribution in [2.45, 2.75) is 90.2 Å². The van der Waals surface area contributed by atoms with Crippen molar-refractivity contribution in [2.24, 2.45) is 11.8 Å². The van der Waals surface area contributed by atoms with E-state index in [1.807, 2.05) is 0 Å². The quantitative estimate of drug-likeness (QED) is 0.772. The maximum atomic E-state index is 6.42. The molecule has 1 atom stereocenters. The molecule has 0 saturated heterocycles. The molecule has 2 aliphatic carbocycles. The molecule has 0 aromatic heterocycles. The van der Waals surface area contributed by atoms with Gasteiger partial charge in [0, 0.05) is 12.6 Å². The van der Waals surface area contributed by atoms with Gasteiger partial charge < -0.3 is 10.1 Å². The summed E-state index contributed by atoms with van der Waals surface area (Å²) in [7, 11) is 0. The first kappa shape index (κ1) is 16.3. The lowest BCUT2D eigenvalue weighted by Gasteiger charge is -2.48. The number of likely N-dealkylation sites (N-methyl/N-ethyl adjacent to an activating group) is 1. The molecule has 0 aliphatic heterocycles. The van der Waals surface area contributed by atoms with Crippen LogP contribution in [0.15, 0.2) is 0 Å². The Balaban J connectivity index is 2.12. The van der Waals surface area contributed by atoms with Gasteiger partial charge in [-0.1, -0.05) is 33.1 Å². The first-order chi connectivity index (χ1) is 9.72. The van der Waals surface area contributed by atoms with Crippen molar-refractivity contribution in [1.29, 1.82) is 0 Å². The van der Waals surface area contributed by atoms with Crippen LogP contribution in [-0.4, -0.2) is 24.8 Å².